The minimum absolute atomic E-state index is 0.0417. The largest absolute Gasteiger partial charge is 0.341 e. The lowest BCUT2D eigenvalue weighted by molar-refractivity contribution is -0.180. The van der Waals surface area contributed by atoms with Gasteiger partial charge in [0, 0.05) is 19.1 Å². The minimum Gasteiger partial charge on any atom is -0.341 e. The number of nitrogens with zero attached hydrogens (tertiary/aromatic N) is 1. The summed E-state index contributed by atoms with van der Waals surface area (Å²) in [6.45, 7) is 6.62. The van der Waals surface area contributed by atoms with Gasteiger partial charge in [0.1, 0.15) is 0 Å². The molecule has 1 aliphatic heterocycles. The molecule has 3 heteroatoms. The van der Waals surface area contributed by atoms with E-state index < -0.39 is 0 Å². The van der Waals surface area contributed by atoms with Crippen molar-refractivity contribution >= 4 is 5.91 Å². The molecule has 5 fully saturated rings. The second kappa shape index (κ2) is 4.24. The van der Waals surface area contributed by atoms with Crippen molar-refractivity contribution in [3.05, 3.63) is 0 Å². The van der Waals surface area contributed by atoms with Gasteiger partial charge in [0.25, 0.3) is 0 Å². The van der Waals surface area contributed by atoms with E-state index in [1.165, 1.54) is 19.3 Å². The maximum atomic E-state index is 13.4. The van der Waals surface area contributed by atoms with Crippen LogP contribution in [0, 0.1) is 22.2 Å². The van der Waals surface area contributed by atoms with Gasteiger partial charge in [0.2, 0.25) is 5.91 Å². The number of likely N-dealkylation sites (tertiary alicyclic amines) is 1. The zero-order valence-corrected chi connectivity index (χ0v) is 13.7. The van der Waals surface area contributed by atoms with Crippen molar-refractivity contribution in [3.63, 3.8) is 0 Å². The van der Waals surface area contributed by atoms with E-state index in [9.17, 15) is 4.79 Å². The predicted octanol–water partition coefficient (Wildman–Crippen LogP) is 2.93. The van der Waals surface area contributed by atoms with Crippen LogP contribution in [0.25, 0.3) is 0 Å². The summed E-state index contributed by atoms with van der Waals surface area (Å²) in [5.74, 6) is 1.25. The fourth-order valence-corrected chi connectivity index (χ4v) is 7.22. The highest BCUT2D eigenvalue weighted by Crippen LogP contribution is 2.69. The highest BCUT2D eigenvalue weighted by atomic mass is 16.2. The summed E-state index contributed by atoms with van der Waals surface area (Å²) >= 11 is 0. The Balaban J connectivity index is 1.63. The molecule has 3 unspecified atom stereocenters. The van der Waals surface area contributed by atoms with E-state index in [4.69, 9.17) is 5.73 Å². The van der Waals surface area contributed by atoms with E-state index in [0.29, 0.717) is 16.7 Å². The zero-order chi connectivity index (χ0) is 14.9. The van der Waals surface area contributed by atoms with Gasteiger partial charge < -0.3 is 10.6 Å². The monoisotopic (exact) mass is 290 g/mol. The van der Waals surface area contributed by atoms with Crippen molar-refractivity contribution in [2.45, 2.75) is 71.3 Å². The van der Waals surface area contributed by atoms with E-state index in [1.807, 2.05) is 0 Å². The number of rotatable bonds is 1. The van der Waals surface area contributed by atoms with Crippen LogP contribution in [-0.2, 0) is 4.79 Å². The summed E-state index contributed by atoms with van der Waals surface area (Å²) in [7, 11) is 0. The standard InChI is InChI=1S/C18H30N2O/c1-16-6-13-7-17(2,10-16)12-18(8-13,11-16)15(21)20-5-3-4-14(19)9-20/h13-14H,3-12,19H2,1-2H3. The number of amides is 1. The molecule has 0 aromatic carbocycles. The van der Waals surface area contributed by atoms with Gasteiger partial charge in [-0.3, -0.25) is 4.79 Å². The Bertz CT molecular complexity index is 456. The van der Waals surface area contributed by atoms with Crippen molar-refractivity contribution in [3.8, 4) is 0 Å². The first-order valence-electron chi connectivity index (χ1n) is 8.87. The lowest BCUT2D eigenvalue weighted by atomic mass is 9.40. The average molecular weight is 290 g/mol. The molecule has 1 amide bonds. The van der Waals surface area contributed by atoms with Crippen LogP contribution in [0.1, 0.15) is 65.2 Å². The maximum Gasteiger partial charge on any atom is 0.228 e. The van der Waals surface area contributed by atoms with Crippen LogP contribution in [0.15, 0.2) is 0 Å². The number of hydrogen-bond donors (Lipinski definition) is 1. The fourth-order valence-electron chi connectivity index (χ4n) is 7.22. The molecule has 1 saturated heterocycles. The van der Waals surface area contributed by atoms with Gasteiger partial charge in [-0.25, -0.2) is 0 Å². The lowest BCUT2D eigenvalue weighted by Gasteiger charge is -2.65. The van der Waals surface area contributed by atoms with Gasteiger partial charge in [0.05, 0.1) is 5.41 Å². The third kappa shape index (κ3) is 2.15. The number of nitrogens with two attached hydrogens (primary N) is 1. The van der Waals surface area contributed by atoms with E-state index in [1.54, 1.807) is 0 Å². The van der Waals surface area contributed by atoms with Gasteiger partial charge in [0.15, 0.2) is 0 Å². The molecule has 5 rings (SSSR count). The summed E-state index contributed by atoms with van der Waals surface area (Å²) in [6, 6.07) is 0.197. The molecule has 3 nitrogen and oxygen atoms in total. The minimum atomic E-state index is -0.0417. The van der Waals surface area contributed by atoms with Crippen molar-refractivity contribution in [1.82, 2.24) is 4.90 Å². The van der Waals surface area contributed by atoms with Gasteiger partial charge in [-0.2, -0.15) is 0 Å². The third-order valence-corrected chi connectivity index (χ3v) is 6.82. The van der Waals surface area contributed by atoms with Crippen molar-refractivity contribution in [2.24, 2.45) is 27.9 Å². The normalized spacial score (nSPS) is 52.2. The molecule has 2 N–H and O–H groups in total. The summed E-state index contributed by atoms with van der Waals surface area (Å²) < 4.78 is 0. The average Bonchev–Trinajstić information content (AvgIpc) is 2.33. The van der Waals surface area contributed by atoms with Crippen molar-refractivity contribution < 1.29 is 4.79 Å². The molecule has 118 valence electrons. The maximum absolute atomic E-state index is 13.4. The summed E-state index contributed by atoms with van der Waals surface area (Å²) in [5, 5.41) is 0. The molecule has 0 radical (unpaired) electrons. The number of hydrogen-bond acceptors (Lipinski definition) is 2. The topological polar surface area (TPSA) is 46.3 Å². The Morgan fingerprint density at radius 2 is 1.76 bits per heavy atom. The first-order valence-corrected chi connectivity index (χ1v) is 8.87. The zero-order valence-electron chi connectivity index (χ0n) is 13.7. The van der Waals surface area contributed by atoms with Crippen LogP contribution >= 0.6 is 0 Å². The molecular weight excluding hydrogens is 260 g/mol. The van der Waals surface area contributed by atoms with Gasteiger partial charge >= 0.3 is 0 Å². The van der Waals surface area contributed by atoms with Crippen LogP contribution in [0.2, 0.25) is 0 Å². The van der Waals surface area contributed by atoms with Crippen molar-refractivity contribution in [1.29, 1.82) is 0 Å². The quantitative estimate of drug-likeness (QED) is 0.807. The predicted molar refractivity (Wildman–Crippen MR) is 83.6 cm³/mol. The SMILES string of the molecule is CC12CC3CC(C)(C1)CC(C(=O)N1CCCC(N)C1)(C3)C2. The second-order valence-corrected chi connectivity index (χ2v) is 9.56. The molecule has 4 aliphatic carbocycles. The molecule has 21 heavy (non-hydrogen) atoms. The van der Waals surface area contributed by atoms with Gasteiger partial charge in [-0.1, -0.05) is 13.8 Å². The van der Waals surface area contributed by atoms with Crippen LogP contribution < -0.4 is 5.73 Å². The summed E-state index contributed by atoms with van der Waals surface area (Å²) in [6.07, 6.45) is 9.64. The highest BCUT2D eigenvalue weighted by molar-refractivity contribution is 5.83. The van der Waals surface area contributed by atoms with Crippen LogP contribution in [0.3, 0.4) is 0 Å². The van der Waals surface area contributed by atoms with Gasteiger partial charge in [-0.05, 0) is 68.1 Å². The van der Waals surface area contributed by atoms with Crippen LogP contribution in [0.4, 0.5) is 0 Å². The molecule has 4 bridgehead atoms. The molecule has 3 atom stereocenters. The smallest absolute Gasteiger partial charge is 0.228 e. The first kappa shape index (κ1) is 14.0. The Hall–Kier alpha value is -0.570. The number of piperidine rings is 1. The van der Waals surface area contributed by atoms with E-state index in [2.05, 4.69) is 18.7 Å². The number of carbonyl (C=O) groups is 1. The van der Waals surface area contributed by atoms with Crippen molar-refractivity contribution in [2.75, 3.05) is 13.1 Å². The van der Waals surface area contributed by atoms with Gasteiger partial charge in [-0.15, -0.1) is 0 Å². The fraction of sp³-hybridized carbons (Fsp3) is 0.944. The summed E-state index contributed by atoms with van der Waals surface area (Å²) in [4.78, 5) is 15.5. The Labute approximate surface area is 128 Å². The van der Waals surface area contributed by atoms with E-state index >= 15 is 0 Å². The first-order chi connectivity index (χ1) is 9.82. The second-order valence-electron chi connectivity index (χ2n) is 9.56. The molecule has 4 saturated carbocycles. The molecular formula is C18H30N2O. The number of carbonyl (C=O) groups excluding carboxylic acids is 1. The van der Waals surface area contributed by atoms with E-state index in [-0.39, 0.29) is 11.5 Å². The highest BCUT2D eigenvalue weighted by Gasteiger charge is 2.63. The summed E-state index contributed by atoms with van der Waals surface area (Å²) in [5.41, 5.74) is 6.91. The molecule has 1 heterocycles. The van der Waals surface area contributed by atoms with Crippen LogP contribution in [-0.4, -0.2) is 29.9 Å². The Kier molecular flexibility index (Phi) is 2.84. The molecule has 0 spiro atoms. The Morgan fingerprint density at radius 1 is 1.10 bits per heavy atom. The van der Waals surface area contributed by atoms with Crippen LogP contribution in [0.5, 0.6) is 0 Å². The molecule has 5 aliphatic rings. The Morgan fingerprint density at radius 3 is 2.33 bits per heavy atom. The molecule has 0 aromatic heterocycles. The lowest BCUT2D eigenvalue weighted by Crippen LogP contribution is -2.61. The molecule has 0 aromatic rings. The van der Waals surface area contributed by atoms with E-state index in [0.717, 1.165) is 51.1 Å². The third-order valence-electron chi connectivity index (χ3n) is 6.82.